The summed E-state index contributed by atoms with van der Waals surface area (Å²) < 4.78 is 1.59. The van der Waals surface area contributed by atoms with E-state index >= 15 is 0 Å². The third-order valence-electron chi connectivity index (χ3n) is 3.11. The molecule has 0 unspecified atom stereocenters. The summed E-state index contributed by atoms with van der Waals surface area (Å²) >= 11 is 6.12. The molecule has 6 heteroatoms. The van der Waals surface area contributed by atoms with Crippen LogP contribution in [0.4, 0.5) is 0 Å². The van der Waals surface area contributed by atoms with E-state index in [1.165, 1.54) is 6.20 Å². The largest absolute Gasteiger partial charge is 0.478 e. The Balaban J connectivity index is 2.13. The molecule has 0 saturated carbocycles. The average Bonchev–Trinajstić information content (AvgIpc) is 2.74. The van der Waals surface area contributed by atoms with Crippen molar-refractivity contribution in [2.75, 3.05) is 7.05 Å². The first-order chi connectivity index (χ1) is 9.49. The predicted molar refractivity (Wildman–Crippen MR) is 76.8 cm³/mol. The van der Waals surface area contributed by atoms with E-state index < -0.39 is 5.97 Å². The first-order valence-electron chi connectivity index (χ1n) is 6.15. The van der Waals surface area contributed by atoms with Gasteiger partial charge in [-0.15, -0.1) is 0 Å². The molecule has 0 radical (unpaired) electrons. The van der Waals surface area contributed by atoms with Gasteiger partial charge in [0.15, 0.2) is 0 Å². The van der Waals surface area contributed by atoms with Crippen molar-refractivity contribution in [3.63, 3.8) is 0 Å². The molecule has 5 nitrogen and oxygen atoms in total. The molecule has 0 fully saturated rings. The van der Waals surface area contributed by atoms with Gasteiger partial charge in [-0.3, -0.25) is 9.58 Å². The Bertz CT molecular complexity index is 625. The molecule has 0 aliphatic carbocycles. The molecule has 0 spiro atoms. The van der Waals surface area contributed by atoms with Crippen molar-refractivity contribution in [1.82, 2.24) is 14.7 Å². The minimum absolute atomic E-state index is 0.235. The Morgan fingerprint density at radius 3 is 2.75 bits per heavy atom. The van der Waals surface area contributed by atoms with Crippen molar-refractivity contribution >= 4 is 17.6 Å². The van der Waals surface area contributed by atoms with E-state index in [1.807, 2.05) is 36.2 Å². The molecule has 0 amide bonds. The number of rotatable bonds is 5. The number of aromatic nitrogens is 2. The molecular weight excluding hydrogens is 278 g/mol. The smallest absolute Gasteiger partial charge is 0.339 e. The van der Waals surface area contributed by atoms with Gasteiger partial charge in [0.05, 0.1) is 11.9 Å². The Morgan fingerprint density at radius 1 is 1.40 bits per heavy atom. The fourth-order valence-electron chi connectivity index (χ4n) is 2.06. The van der Waals surface area contributed by atoms with Crippen molar-refractivity contribution in [2.45, 2.75) is 13.1 Å². The molecule has 0 bridgehead atoms. The lowest BCUT2D eigenvalue weighted by Gasteiger charge is -2.18. The number of aryl methyl sites for hydroxylation is 1. The lowest BCUT2D eigenvalue weighted by molar-refractivity contribution is 0.0694. The average molecular weight is 294 g/mol. The monoisotopic (exact) mass is 293 g/mol. The number of hydrogen-bond acceptors (Lipinski definition) is 3. The van der Waals surface area contributed by atoms with Gasteiger partial charge in [-0.2, -0.15) is 5.10 Å². The lowest BCUT2D eigenvalue weighted by atomic mass is 10.2. The zero-order valence-electron chi connectivity index (χ0n) is 11.4. The van der Waals surface area contributed by atoms with Gasteiger partial charge < -0.3 is 5.11 Å². The van der Waals surface area contributed by atoms with Crippen molar-refractivity contribution in [1.29, 1.82) is 0 Å². The number of carboxylic acids is 1. The number of hydrogen-bond donors (Lipinski definition) is 1. The molecule has 1 aromatic heterocycles. The second-order valence-corrected chi connectivity index (χ2v) is 5.10. The molecular formula is C14H16ClN3O2. The first-order valence-corrected chi connectivity index (χ1v) is 6.53. The maximum absolute atomic E-state index is 11.1. The van der Waals surface area contributed by atoms with Crippen LogP contribution in [0.2, 0.25) is 5.02 Å². The van der Waals surface area contributed by atoms with Gasteiger partial charge in [0.1, 0.15) is 5.56 Å². The van der Waals surface area contributed by atoms with E-state index in [4.69, 9.17) is 16.7 Å². The Labute approximate surface area is 122 Å². The van der Waals surface area contributed by atoms with E-state index in [1.54, 1.807) is 11.7 Å². The maximum Gasteiger partial charge on any atom is 0.339 e. The molecule has 0 aliphatic rings. The number of carbonyl (C=O) groups is 1. The summed E-state index contributed by atoms with van der Waals surface area (Å²) in [6, 6.07) is 7.62. The maximum atomic E-state index is 11.1. The highest BCUT2D eigenvalue weighted by Gasteiger charge is 2.16. The van der Waals surface area contributed by atoms with E-state index in [9.17, 15) is 4.79 Å². The SMILES string of the molecule is CN(Cc1ccccc1Cl)Cc1c(C(=O)O)cnn1C. The van der Waals surface area contributed by atoms with Crippen molar-refractivity contribution in [2.24, 2.45) is 7.05 Å². The molecule has 20 heavy (non-hydrogen) atoms. The number of benzene rings is 1. The Kier molecular flexibility index (Phi) is 4.42. The zero-order chi connectivity index (χ0) is 14.7. The molecule has 0 saturated heterocycles. The second kappa shape index (κ2) is 6.07. The van der Waals surface area contributed by atoms with Gasteiger partial charge in [-0.05, 0) is 18.7 Å². The van der Waals surface area contributed by atoms with Crippen LogP contribution in [0.3, 0.4) is 0 Å². The summed E-state index contributed by atoms with van der Waals surface area (Å²) in [6.45, 7) is 1.13. The van der Waals surface area contributed by atoms with Crippen molar-refractivity contribution < 1.29 is 9.90 Å². The molecule has 1 aromatic carbocycles. The second-order valence-electron chi connectivity index (χ2n) is 4.70. The van der Waals surface area contributed by atoms with Gasteiger partial charge in [0.25, 0.3) is 0 Å². The van der Waals surface area contributed by atoms with E-state index in [2.05, 4.69) is 5.10 Å². The Morgan fingerprint density at radius 2 is 2.10 bits per heavy atom. The number of halogens is 1. The van der Waals surface area contributed by atoms with Gasteiger partial charge >= 0.3 is 5.97 Å². The van der Waals surface area contributed by atoms with E-state index in [-0.39, 0.29) is 5.56 Å². The van der Waals surface area contributed by atoms with Crippen LogP contribution in [0.1, 0.15) is 21.6 Å². The van der Waals surface area contributed by atoms with Crippen LogP contribution in [0.15, 0.2) is 30.5 Å². The van der Waals surface area contributed by atoms with Crippen molar-refractivity contribution in [3.05, 3.63) is 52.3 Å². The van der Waals surface area contributed by atoms with E-state index in [0.29, 0.717) is 23.8 Å². The minimum Gasteiger partial charge on any atom is -0.478 e. The standard InChI is InChI=1S/C14H16ClN3O2/c1-17(8-10-5-3-4-6-12(10)15)9-13-11(14(19)20)7-16-18(13)2/h3-7H,8-9H2,1-2H3,(H,19,20). The van der Waals surface area contributed by atoms with Crippen LogP contribution in [-0.4, -0.2) is 32.8 Å². The number of nitrogens with zero attached hydrogens (tertiary/aromatic N) is 3. The van der Waals surface area contributed by atoms with Crippen LogP contribution in [-0.2, 0) is 20.1 Å². The fourth-order valence-corrected chi connectivity index (χ4v) is 2.25. The van der Waals surface area contributed by atoms with Crippen molar-refractivity contribution in [3.8, 4) is 0 Å². The molecule has 0 aliphatic heterocycles. The van der Waals surface area contributed by atoms with Gasteiger partial charge in [-0.25, -0.2) is 4.79 Å². The lowest BCUT2D eigenvalue weighted by Crippen LogP contribution is -2.21. The zero-order valence-corrected chi connectivity index (χ0v) is 12.1. The molecule has 1 N–H and O–H groups in total. The highest BCUT2D eigenvalue weighted by Crippen LogP contribution is 2.18. The molecule has 0 atom stereocenters. The Hall–Kier alpha value is -1.85. The van der Waals surface area contributed by atoms with Crippen LogP contribution in [0.5, 0.6) is 0 Å². The molecule has 2 aromatic rings. The quantitative estimate of drug-likeness (QED) is 0.920. The minimum atomic E-state index is -0.959. The molecule has 106 valence electrons. The van der Waals surface area contributed by atoms with Gasteiger partial charge in [0, 0.05) is 25.2 Å². The summed E-state index contributed by atoms with van der Waals surface area (Å²) in [5, 5.41) is 13.8. The van der Waals surface area contributed by atoms with Gasteiger partial charge in [0.2, 0.25) is 0 Å². The summed E-state index contributed by atoms with van der Waals surface area (Å²) in [5.74, 6) is -0.959. The molecule has 2 rings (SSSR count). The van der Waals surface area contributed by atoms with Crippen LogP contribution in [0, 0.1) is 0 Å². The third-order valence-corrected chi connectivity index (χ3v) is 3.48. The predicted octanol–water partition coefficient (Wildman–Crippen LogP) is 2.40. The topological polar surface area (TPSA) is 58.4 Å². The summed E-state index contributed by atoms with van der Waals surface area (Å²) in [4.78, 5) is 13.1. The third kappa shape index (κ3) is 3.18. The van der Waals surface area contributed by atoms with E-state index in [0.717, 1.165) is 5.56 Å². The highest BCUT2D eigenvalue weighted by molar-refractivity contribution is 6.31. The summed E-state index contributed by atoms with van der Waals surface area (Å²) in [6.07, 6.45) is 1.38. The highest BCUT2D eigenvalue weighted by atomic mass is 35.5. The number of aromatic carboxylic acids is 1. The number of carboxylic acid groups (broad SMARTS) is 1. The first kappa shape index (κ1) is 14.6. The van der Waals surface area contributed by atoms with Crippen LogP contribution >= 0.6 is 11.6 Å². The summed E-state index contributed by atoms with van der Waals surface area (Å²) in [5.41, 5.74) is 1.92. The van der Waals surface area contributed by atoms with Crippen LogP contribution in [0.25, 0.3) is 0 Å². The summed E-state index contributed by atoms with van der Waals surface area (Å²) in [7, 11) is 3.66. The fraction of sp³-hybridized carbons (Fsp3) is 0.286. The van der Waals surface area contributed by atoms with Crippen LogP contribution < -0.4 is 0 Å². The molecule has 1 heterocycles. The van der Waals surface area contributed by atoms with Gasteiger partial charge in [-0.1, -0.05) is 29.8 Å². The normalized spacial score (nSPS) is 11.0.